The van der Waals surface area contributed by atoms with E-state index < -0.39 is 0 Å². The van der Waals surface area contributed by atoms with E-state index in [2.05, 4.69) is 10.3 Å². The number of aryl methyl sites for hydroxylation is 3. The summed E-state index contributed by atoms with van der Waals surface area (Å²) in [6, 6.07) is 9.51. The molecule has 0 aliphatic heterocycles. The SMILES string of the molecule is Cc1cc(C(=O)CCC(=O)Nc2cccc(-c3csc(C)n3)c2)c(C)s1. The number of ketones is 1. The molecular formula is C20H20N2O2S2. The number of carbonyl (C=O) groups excluding carboxylic acids is 2. The van der Waals surface area contributed by atoms with Gasteiger partial charge in [0.25, 0.3) is 0 Å². The first kappa shape index (κ1) is 18.5. The fourth-order valence-electron chi connectivity index (χ4n) is 2.75. The zero-order valence-electron chi connectivity index (χ0n) is 15.0. The summed E-state index contributed by atoms with van der Waals surface area (Å²) in [6.45, 7) is 5.89. The molecule has 2 aromatic heterocycles. The van der Waals surface area contributed by atoms with Gasteiger partial charge in [0, 0.05) is 44.8 Å². The van der Waals surface area contributed by atoms with Crippen LogP contribution in [0.4, 0.5) is 5.69 Å². The van der Waals surface area contributed by atoms with Crippen molar-refractivity contribution in [3.05, 3.63) is 56.0 Å². The zero-order chi connectivity index (χ0) is 18.7. The van der Waals surface area contributed by atoms with Crippen molar-refractivity contribution in [1.29, 1.82) is 0 Å². The molecule has 0 saturated carbocycles. The summed E-state index contributed by atoms with van der Waals surface area (Å²) in [7, 11) is 0. The fourth-order valence-corrected chi connectivity index (χ4v) is 4.31. The number of hydrogen-bond donors (Lipinski definition) is 1. The molecule has 4 nitrogen and oxygen atoms in total. The van der Waals surface area contributed by atoms with Crippen LogP contribution in [-0.4, -0.2) is 16.7 Å². The van der Waals surface area contributed by atoms with Crippen molar-refractivity contribution < 1.29 is 9.59 Å². The Morgan fingerprint density at radius 3 is 2.58 bits per heavy atom. The third-order valence-corrected chi connectivity index (χ3v) is 5.72. The summed E-state index contributed by atoms with van der Waals surface area (Å²) in [4.78, 5) is 31.1. The van der Waals surface area contributed by atoms with Gasteiger partial charge in [-0.2, -0.15) is 0 Å². The second-order valence-electron chi connectivity index (χ2n) is 6.13. The first-order valence-corrected chi connectivity index (χ1v) is 10.0. The highest BCUT2D eigenvalue weighted by atomic mass is 32.1. The molecule has 0 spiro atoms. The molecule has 1 aromatic carbocycles. The Morgan fingerprint density at radius 1 is 1.12 bits per heavy atom. The standard InChI is InChI=1S/C20H20N2O2S2/c1-12-9-17(13(2)26-12)19(23)7-8-20(24)22-16-6-4-5-15(10-16)18-11-25-14(3)21-18/h4-6,9-11H,7-8H2,1-3H3,(H,22,24). The molecule has 0 unspecified atom stereocenters. The predicted octanol–water partition coefficient (Wildman–Crippen LogP) is 5.40. The van der Waals surface area contributed by atoms with Crippen LogP contribution in [0.25, 0.3) is 11.3 Å². The molecule has 0 fully saturated rings. The summed E-state index contributed by atoms with van der Waals surface area (Å²) in [5.74, 6) is -0.136. The monoisotopic (exact) mass is 384 g/mol. The van der Waals surface area contributed by atoms with Crippen LogP contribution in [0.3, 0.4) is 0 Å². The topological polar surface area (TPSA) is 59.1 Å². The normalized spacial score (nSPS) is 10.7. The van der Waals surface area contributed by atoms with Crippen LogP contribution in [0.2, 0.25) is 0 Å². The summed E-state index contributed by atoms with van der Waals surface area (Å²) >= 11 is 3.21. The Bertz CT molecular complexity index is 956. The maximum absolute atomic E-state index is 12.3. The number of anilines is 1. The predicted molar refractivity (Wildman–Crippen MR) is 108 cm³/mol. The maximum atomic E-state index is 12.3. The number of nitrogens with zero attached hydrogens (tertiary/aromatic N) is 1. The lowest BCUT2D eigenvalue weighted by Gasteiger charge is -2.06. The highest BCUT2D eigenvalue weighted by Gasteiger charge is 2.14. The van der Waals surface area contributed by atoms with Crippen molar-refractivity contribution in [1.82, 2.24) is 4.98 Å². The largest absolute Gasteiger partial charge is 0.326 e. The van der Waals surface area contributed by atoms with Crippen molar-refractivity contribution >= 4 is 40.1 Å². The van der Waals surface area contributed by atoms with Crippen LogP contribution in [0.15, 0.2) is 35.7 Å². The van der Waals surface area contributed by atoms with Crippen molar-refractivity contribution in [2.45, 2.75) is 33.6 Å². The lowest BCUT2D eigenvalue weighted by molar-refractivity contribution is -0.116. The van der Waals surface area contributed by atoms with Gasteiger partial charge in [-0.05, 0) is 39.0 Å². The van der Waals surface area contributed by atoms with Crippen molar-refractivity contribution in [3.8, 4) is 11.3 Å². The van der Waals surface area contributed by atoms with E-state index in [-0.39, 0.29) is 24.5 Å². The van der Waals surface area contributed by atoms with E-state index in [1.165, 1.54) is 0 Å². The van der Waals surface area contributed by atoms with E-state index in [0.29, 0.717) is 5.69 Å². The minimum Gasteiger partial charge on any atom is -0.326 e. The Kier molecular flexibility index (Phi) is 5.64. The molecule has 3 rings (SSSR count). The highest BCUT2D eigenvalue weighted by molar-refractivity contribution is 7.12. The van der Waals surface area contributed by atoms with Crippen LogP contribution < -0.4 is 5.32 Å². The van der Waals surface area contributed by atoms with Gasteiger partial charge < -0.3 is 5.32 Å². The molecule has 2 heterocycles. The van der Waals surface area contributed by atoms with Crippen LogP contribution in [-0.2, 0) is 4.79 Å². The Balaban J connectivity index is 1.60. The Morgan fingerprint density at radius 2 is 1.92 bits per heavy atom. The smallest absolute Gasteiger partial charge is 0.224 e. The van der Waals surface area contributed by atoms with E-state index in [1.807, 2.05) is 56.5 Å². The molecule has 3 aromatic rings. The van der Waals surface area contributed by atoms with Crippen LogP contribution in [0.5, 0.6) is 0 Å². The number of carbonyl (C=O) groups is 2. The first-order chi connectivity index (χ1) is 12.4. The van der Waals surface area contributed by atoms with Gasteiger partial charge in [0.05, 0.1) is 10.7 Å². The zero-order valence-corrected chi connectivity index (χ0v) is 16.6. The first-order valence-electron chi connectivity index (χ1n) is 8.35. The number of benzene rings is 1. The summed E-state index contributed by atoms with van der Waals surface area (Å²) < 4.78 is 0. The summed E-state index contributed by atoms with van der Waals surface area (Å²) in [5, 5.41) is 5.88. The molecule has 134 valence electrons. The number of Topliss-reactive ketones (excluding diaryl/α,β-unsaturated/α-hetero) is 1. The average Bonchev–Trinajstić information content (AvgIpc) is 3.18. The number of nitrogens with one attached hydrogen (secondary N) is 1. The lowest BCUT2D eigenvalue weighted by atomic mass is 10.1. The van der Waals surface area contributed by atoms with Crippen LogP contribution >= 0.6 is 22.7 Å². The number of aromatic nitrogens is 1. The van der Waals surface area contributed by atoms with E-state index in [0.717, 1.165) is 31.6 Å². The summed E-state index contributed by atoms with van der Waals surface area (Å²) in [6.07, 6.45) is 0.390. The van der Waals surface area contributed by atoms with E-state index in [9.17, 15) is 9.59 Å². The molecule has 1 amide bonds. The van der Waals surface area contributed by atoms with Crippen molar-refractivity contribution in [3.63, 3.8) is 0 Å². The van der Waals surface area contributed by atoms with E-state index in [1.54, 1.807) is 22.7 Å². The molecule has 0 aliphatic carbocycles. The molecule has 6 heteroatoms. The quantitative estimate of drug-likeness (QED) is 0.579. The molecule has 0 bridgehead atoms. The van der Waals surface area contributed by atoms with Gasteiger partial charge in [-0.3, -0.25) is 9.59 Å². The van der Waals surface area contributed by atoms with E-state index in [4.69, 9.17) is 0 Å². The average molecular weight is 385 g/mol. The maximum Gasteiger partial charge on any atom is 0.224 e. The number of thiazole rings is 1. The molecule has 26 heavy (non-hydrogen) atoms. The van der Waals surface area contributed by atoms with Gasteiger partial charge >= 0.3 is 0 Å². The van der Waals surface area contributed by atoms with Crippen LogP contribution in [0, 0.1) is 20.8 Å². The second kappa shape index (κ2) is 7.93. The van der Waals surface area contributed by atoms with Crippen molar-refractivity contribution in [2.75, 3.05) is 5.32 Å². The van der Waals surface area contributed by atoms with Gasteiger partial charge in [0.2, 0.25) is 5.91 Å². The lowest BCUT2D eigenvalue weighted by Crippen LogP contribution is -2.13. The minimum absolute atomic E-state index is 0.0219. The van der Waals surface area contributed by atoms with Gasteiger partial charge in [-0.15, -0.1) is 22.7 Å². The number of hydrogen-bond acceptors (Lipinski definition) is 5. The third-order valence-electron chi connectivity index (χ3n) is 3.98. The molecule has 0 saturated heterocycles. The molecular weight excluding hydrogens is 364 g/mol. The number of thiophene rings is 1. The minimum atomic E-state index is -0.158. The summed E-state index contributed by atoms with van der Waals surface area (Å²) in [5.41, 5.74) is 3.32. The van der Waals surface area contributed by atoms with Gasteiger partial charge in [0.1, 0.15) is 0 Å². The van der Waals surface area contributed by atoms with Crippen LogP contribution in [0.1, 0.15) is 38.0 Å². The van der Waals surface area contributed by atoms with Gasteiger partial charge in [-0.25, -0.2) is 4.98 Å². The highest BCUT2D eigenvalue weighted by Crippen LogP contribution is 2.25. The molecule has 0 atom stereocenters. The van der Waals surface area contributed by atoms with Gasteiger partial charge in [0.15, 0.2) is 5.78 Å². The fraction of sp³-hybridized carbons (Fsp3) is 0.250. The number of rotatable bonds is 6. The van der Waals surface area contributed by atoms with Crippen molar-refractivity contribution in [2.24, 2.45) is 0 Å². The second-order valence-corrected chi connectivity index (χ2v) is 8.65. The van der Waals surface area contributed by atoms with E-state index >= 15 is 0 Å². The Hall–Kier alpha value is -2.31. The number of amides is 1. The molecule has 0 aliphatic rings. The molecule has 1 N–H and O–H groups in total. The Labute approximate surface area is 160 Å². The molecule has 0 radical (unpaired) electrons. The third kappa shape index (κ3) is 4.45. The van der Waals surface area contributed by atoms with Gasteiger partial charge in [-0.1, -0.05) is 12.1 Å².